The zero-order chi connectivity index (χ0) is 27.7. The molecule has 9 nitrogen and oxygen atoms in total. The van der Waals surface area contributed by atoms with Crippen molar-refractivity contribution in [2.45, 2.75) is 52.0 Å². The highest BCUT2D eigenvalue weighted by Crippen LogP contribution is 2.33. The molecule has 3 heterocycles. The number of fused-ring (bicyclic) bond motifs is 1. The van der Waals surface area contributed by atoms with Gasteiger partial charge in [-0.3, -0.25) is 4.79 Å². The van der Waals surface area contributed by atoms with E-state index in [1.807, 2.05) is 45.0 Å². The number of amides is 1. The number of aromatic nitrogens is 1. The number of nitrogens with zero attached hydrogens (tertiary/aromatic N) is 2. The number of rotatable bonds is 7. The lowest BCUT2D eigenvalue weighted by Gasteiger charge is -2.30. The first kappa shape index (κ1) is 27.0. The van der Waals surface area contributed by atoms with Gasteiger partial charge >= 0.3 is 0 Å². The standard InChI is InChI=1S/C29H33N3O6S/c1-18-13-19(2)24(20(3)14-18)6-8-26-28(21(4)31-38-26)39(34,35)32-11-9-23(10-12-32)29(33)30-16-22-5-7-25-27(15-22)37-17-36-25/h5-8,13-15,23H,9-12,16-17H2,1-4H3,(H,30,33)/b8-6+. The molecule has 0 spiro atoms. The molecule has 5 rings (SSSR count). The monoisotopic (exact) mass is 551 g/mol. The van der Waals surface area contributed by atoms with Crippen LogP contribution in [0.2, 0.25) is 0 Å². The van der Waals surface area contributed by atoms with E-state index in [9.17, 15) is 13.2 Å². The molecule has 1 aromatic heterocycles. The third-order valence-electron chi connectivity index (χ3n) is 7.30. The van der Waals surface area contributed by atoms with E-state index in [1.54, 1.807) is 13.0 Å². The summed E-state index contributed by atoms with van der Waals surface area (Å²) >= 11 is 0. The van der Waals surface area contributed by atoms with Gasteiger partial charge in [-0.15, -0.1) is 0 Å². The van der Waals surface area contributed by atoms with Crippen molar-refractivity contribution < 1.29 is 27.2 Å². The minimum atomic E-state index is -3.85. The number of nitrogens with one attached hydrogen (secondary N) is 1. The summed E-state index contributed by atoms with van der Waals surface area (Å²) in [6, 6.07) is 9.74. The predicted molar refractivity (Wildman–Crippen MR) is 147 cm³/mol. The van der Waals surface area contributed by atoms with Crippen LogP contribution in [0.5, 0.6) is 11.5 Å². The molecule has 0 atom stereocenters. The van der Waals surface area contributed by atoms with Crippen LogP contribution in [0.15, 0.2) is 39.8 Å². The summed E-state index contributed by atoms with van der Waals surface area (Å²) in [5.74, 6) is 1.22. The Morgan fingerprint density at radius 1 is 1.03 bits per heavy atom. The van der Waals surface area contributed by atoms with E-state index >= 15 is 0 Å². The van der Waals surface area contributed by atoms with E-state index in [4.69, 9.17) is 14.0 Å². The van der Waals surface area contributed by atoms with Crippen molar-refractivity contribution in [2.75, 3.05) is 19.9 Å². The summed E-state index contributed by atoms with van der Waals surface area (Å²) < 4.78 is 44.8. The summed E-state index contributed by atoms with van der Waals surface area (Å²) in [4.78, 5) is 12.9. The fourth-order valence-corrected chi connectivity index (χ4v) is 7.00. The van der Waals surface area contributed by atoms with Crippen LogP contribution in [0.25, 0.3) is 12.2 Å². The van der Waals surface area contributed by atoms with Gasteiger partial charge in [0.15, 0.2) is 22.2 Å². The molecule has 206 valence electrons. The Hall–Kier alpha value is -3.63. The van der Waals surface area contributed by atoms with E-state index < -0.39 is 10.0 Å². The van der Waals surface area contributed by atoms with Crippen molar-refractivity contribution in [1.29, 1.82) is 0 Å². The average molecular weight is 552 g/mol. The number of hydrogen-bond acceptors (Lipinski definition) is 7. The molecule has 2 aliphatic heterocycles. The number of ether oxygens (including phenoxy) is 2. The molecule has 1 N–H and O–H groups in total. The van der Waals surface area contributed by atoms with Crippen LogP contribution in [-0.4, -0.2) is 43.7 Å². The predicted octanol–water partition coefficient (Wildman–Crippen LogP) is 4.52. The van der Waals surface area contributed by atoms with E-state index in [0.717, 1.165) is 22.3 Å². The van der Waals surface area contributed by atoms with Crippen LogP contribution in [0.3, 0.4) is 0 Å². The van der Waals surface area contributed by atoms with Crippen LogP contribution in [0.1, 0.15) is 52.1 Å². The highest BCUT2D eigenvalue weighted by molar-refractivity contribution is 7.89. The maximum atomic E-state index is 13.6. The molecule has 0 unspecified atom stereocenters. The molecule has 1 amide bonds. The zero-order valence-corrected chi connectivity index (χ0v) is 23.4. The third-order valence-corrected chi connectivity index (χ3v) is 9.36. The van der Waals surface area contributed by atoms with Crippen LogP contribution in [0.4, 0.5) is 0 Å². The second kappa shape index (κ2) is 10.9. The Morgan fingerprint density at radius 2 is 1.72 bits per heavy atom. The summed E-state index contributed by atoms with van der Waals surface area (Å²) in [6.07, 6.45) is 4.42. The number of carbonyl (C=O) groups is 1. The fraction of sp³-hybridized carbons (Fsp3) is 0.379. The molecule has 2 aliphatic rings. The molecular formula is C29H33N3O6S. The zero-order valence-electron chi connectivity index (χ0n) is 22.6. The average Bonchev–Trinajstić information content (AvgIpc) is 3.52. The lowest BCUT2D eigenvalue weighted by atomic mass is 9.97. The Labute approximate surface area is 228 Å². The summed E-state index contributed by atoms with van der Waals surface area (Å²) in [5, 5.41) is 6.92. The topological polar surface area (TPSA) is 111 Å². The first-order valence-electron chi connectivity index (χ1n) is 13.0. The second-order valence-corrected chi connectivity index (χ2v) is 12.1. The van der Waals surface area contributed by atoms with Gasteiger partial charge in [0.25, 0.3) is 0 Å². The minimum absolute atomic E-state index is 0.0758. The van der Waals surface area contributed by atoms with Crippen LogP contribution in [-0.2, 0) is 21.4 Å². The molecule has 0 bridgehead atoms. The lowest BCUT2D eigenvalue weighted by Crippen LogP contribution is -2.43. The molecule has 0 saturated carbocycles. The molecule has 3 aromatic rings. The molecule has 2 aromatic carbocycles. The van der Waals surface area contributed by atoms with Gasteiger partial charge < -0.3 is 19.3 Å². The van der Waals surface area contributed by atoms with Crippen LogP contribution >= 0.6 is 0 Å². The van der Waals surface area contributed by atoms with Gasteiger partial charge in [-0.05, 0) is 81.0 Å². The van der Waals surface area contributed by atoms with Crippen molar-refractivity contribution in [1.82, 2.24) is 14.8 Å². The van der Waals surface area contributed by atoms with E-state index in [1.165, 1.54) is 9.87 Å². The van der Waals surface area contributed by atoms with Crippen molar-refractivity contribution in [2.24, 2.45) is 5.92 Å². The van der Waals surface area contributed by atoms with Gasteiger partial charge in [0.05, 0.1) is 0 Å². The van der Waals surface area contributed by atoms with Crippen molar-refractivity contribution >= 4 is 28.1 Å². The highest BCUT2D eigenvalue weighted by atomic mass is 32.2. The van der Waals surface area contributed by atoms with Gasteiger partial charge in [-0.1, -0.05) is 35.0 Å². The molecule has 1 saturated heterocycles. The Balaban J connectivity index is 1.23. The van der Waals surface area contributed by atoms with Crippen molar-refractivity contribution in [3.63, 3.8) is 0 Å². The summed E-state index contributed by atoms with van der Waals surface area (Å²) in [7, 11) is -3.85. The Morgan fingerprint density at radius 3 is 2.44 bits per heavy atom. The van der Waals surface area contributed by atoms with Gasteiger partial charge in [-0.25, -0.2) is 8.42 Å². The molecule has 39 heavy (non-hydrogen) atoms. The van der Waals surface area contributed by atoms with Crippen molar-refractivity contribution in [3.8, 4) is 11.5 Å². The van der Waals surface area contributed by atoms with Gasteiger partial charge in [0.1, 0.15) is 5.69 Å². The van der Waals surface area contributed by atoms with E-state index in [0.29, 0.717) is 36.6 Å². The highest BCUT2D eigenvalue weighted by Gasteiger charge is 2.36. The largest absolute Gasteiger partial charge is 0.454 e. The number of piperidine rings is 1. The molecule has 10 heteroatoms. The van der Waals surface area contributed by atoms with Crippen LogP contribution in [0, 0.1) is 33.6 Å². The normalized spacial score (nSPS) is 16.2. The van der Waals surface area contributed by atoms with Gasteiger partial charge in [0.2, 0.25) is 22.7 Å². The van der Waals surface area contributed by atoms with E-state index in [2.05, 4.69) is 22.6 Å². The van der Waals surface area contributed by atoms with Crippen LogP contribution < -0.4 is 14.8 Å². The number of aryl methyl sites for hydroxylation is 4. The summed E-state index contributed by atoms with van der Waals surface area (Å²) in [6.45, 7) is 8.78. The molecule has 0 aliphatic carbocycles. The SMILES string of the molecule is Cc1cc(C)c(/C=C/c2onc(C)c2S(=O)(=O)N2CCC(C(=O)NCc3ccc4c(c3)OCO4)CC2)c(C)c1. The maximum absolute atomic E-state index is 13.6. The first-order chi connectivity index (χ1) is 18.6. The van der Waals surface area contributed by atoms with Gasteiger partial charge in [0, 0.05) is 25.6 Å². The summed E-state index contributed by atoms with van der Waals surface area (Å²) in [5.41, 5.74) is 5.62. The van der Waals surface area contributed by atoms with Crippen molar-refractivity contribution in [3.05, 3.63) is 69.6 Å². The first-order valence-corrected chi connectivity index (χ1v) is 14.5. The number of sulfonamides is 1. The lowest BCUT2D eigenvalue weighted by molar-refractivity contribution is -0.126. The Kier molecular flexibility index (Phi) is 7.51. The smallest absolute Gasteiger partial charge is 0.248 e. The third kappa shape index (κ3) is 5.58. The number of carbonyl (C=O) groups excluding carboxylic acids is 1. The number of benzene rings is 2. The fourth-order valence-electron chi connectivity index (χ4n) is 5.28. The van der Waals surface area contributed by atoms with E-state index in [-0.39, 0.29) is 42.4 Å². The quantitative estimate of drug-likeness (QED) is 0.459. The molecule has 0 radical (unpaired) electrons. The molecular weight excluding hydrogens is 518 g/mol. The maximum Gasteiger partial charge on any atom is 0.248 e. The molecule has 1 fully saturated rings. The Bertz CT molecular complexity index is 1510. The van der Waals surface area contributed by atoms with Gasteiger partial charge in [-0.2, -0.15) is 4.31 Å². The minimum Gasteiger partial charge on any atom is -0.454 e. The second-order valence-electron chi connectivity index (χ2n) is 10.2. The number of hydrogen-bond donors (Lipinski definition) is 1.